The molecule has 0 unspecified atom stereocenters. The summed E-state index contributed by atoms with van der Waals surface area (Å²) in [5, 5.41) is 7.18. The quantitative estimate of drug-likeness (QED) is 0.889. The summed E-state index contributed by atoms with van der Waals surface area (Å²) in [5.74, 6) is 1.18. The molecule has 136 valence electrons. The van der Waals surface area contributed by atoms with Gasteiger partial charge in [0.1, 0.15) is 5.84 Å². The first kappa shape index (κ1) is 17.1. The lowest BCUT2D eigenvalue weighted by Gasteiger charge is -2.42. The first-order valence-corrected chi connectivity index (χ1v) is 9.53. The van der Waals surface area contributed by atoms with E-state index in [1.807, 2.05) is 0 Å². The summed E-state index contributed by atoms with van der Waals surface area (Å²) in [6, 6.07) is 17.4. The largest absolute Gasteiger partial charge is 0.378 e. The maximum absolute atomic E-state index is 5.07. The highest BCUT2D eigenvalue weighted by Gasteiger charge is 2.40. The van der Waals surface area contributed by atoms with Gasteiger partial charge in [-0.2, -0.15) is 0 Å². The summed E-state index contributed by atoms with van der Waals surface area (Å²) >= 11 is 0. The molecule has 0 aliphatic carbocycles. The SMILES string of the molecule is CN(C)c1ccc(CN=C2Nc3ccccc3CC23CCNCC3)cc1. The van der Waals surface area contributed by atoms with Crippen LogP contribution in [0, 0.1) is 5.41 Å². The standard InChI is InChI=1S/C22H28N4/c1-26(2)19-9-7-17(8-10-19)16-24-21-22(11-13-23-14-12-22)15-18-5-3-4-6-20(18)25-21/h3-10,23H,11-16H2,1-2H3,(H,24,25). The van der Waals surface area contributed by atoms with Crippen LogP contribution in [0.25, 0.3) is 0 Å². The number of piperidine rings is 1. The molecule has 4 nitrogen and oxygen atoms in total. The number of fused-ring (bicyclic) bond motifs is 1. The van der Waals surface area contributed by atoms with Gasteiger partial charge < -0.3 is 15.5 Å². The van der Waals surface area contributed by atoms with Crippen molar-refractivity contribution in [3.63, 3.8) is 0 Å². The fourth-order valence-corrected chi connectivity index (χ4v) is 4.10. The van der Waals surface area contributed by atoms with Crippen molar-refractivity contribution < 1.29 is 0 Å². The molecule has 0 saturated carbocycles. The topological polar surface area (TPSA) is 39.7 Å². The van der Waals surface area contributed by atoms with Crippen molar-refractivity contribution >= 4 is 17.2 Å². The molecule has 2 heterocycles. The number of nitrogens with one attached hydrogen (secondary N) is 2. The molecule has 0 bridgehead atoms. The van der Waals surface area contributed by atoms with Gasteiger partial charge in [-0.3, -0.25) is 4.99 Å². The molecule has 2 N–H and O–H groups in total. The molecule has 0 aromatic heterocycles. The number of rotatable bonds is 3. The molecule has 4 rings (SSSR count). The Labute approximate surface area is 156 Å². The maximum Gasteiger partial charge on any atom is 0.108 e. The minimum Gasteiger partial charge on any atom is -0.378 e. The second-order valence-corrected chi connectivity index (χ2v) is 7.71. The van der Waals surface area contributed by atoms with E-state index < -0.39 is 0 Å². The molecule has 2 aromatic rings. The van der Waals surface area contributed by atoms with Crippen molar-refractivity contribution in [1.82, 2.24) is 5.32 Å². The second kappa shape index (κ2) is 7.12. The smallest absolute Gasteiger partial charge is 0.108 e. The third-order valence-corrected chi connectivity index (χ3v) is 5.73. The zero-order chi connectivity index (χ0) is 18.0. The van der Waals surface area contributed by atoms with Crippen LogP contribution in [-0.2, 0) is 13.0 Å². The summed E-state index contributed by atoms with van der Waals surface area (Å²) < 4.78 is 0. The van der Waals surface area contributed by atoms with E-state index in [2.05, 4.69) is 78.2 Å². The molecule has 1 spiro atoms. The highest BCUT2D eigenvalue weighted by atomic mass is 15.1. The van der Waals surface area contributed by atoms with Crippen LogP contribution in [0.5, 0.6) is 0 Å². The molecule has 26 heavy (non-hydrogen) atoms. The highest BCUT2D eigenvalue weighted by molar-refractivity contribution is 6.02. The van der Waals surface area contributed by atoms with Gasteiger partial charge in [0.05, 0.1) is 6.54 Å². The first-order chi connectivity index (χ1) is 12.7. The van der Waals surface area contributed by atoms with Crippen LogP contribution in [0.1, 0.15) is 24.0 Å². The third kappa shape index (κ3) is 3.34. The minimum absolute atomic E-state index is 0.156. The van der Waals surface area contributed by atoms with Crippen LogP contribution in [0.2, 0.25) is 0 Å². The zero-order valence-corrected chi connectivity index (χ0v) is 15.8. The third-order valence-electron chi connectivity index (χ3n) is 5.73. The van der Waals surface area contributed by atoms with Gasteiger partial charge in [0, 0.05) is 30.9 Å². The number of para-hydroxylation sites is 1. The Bertz CT molecular complexity index is 786. The number of benzene rings is 2. The van der Waals surface area contributed by atoms with Gasteiger partial charge in [-0.25, -0.2) is 0 Å². The average Bonchev–Trinajstić information content (AvgIpc) is 2.67. The van der Waals surface area contributed by atoms with Crippen molar-refractivity contribution in [2.45, 2.75) is 25.8 Å². The van der Waals surface area contributed by atoms with Gasteiger partial charge in [0.2, 0.25) is 0 Å². The number of hydrogen-bond donors (Lipinski definition) is 2. The Kier molecular flexibility index (Phi) is 4.68. The lowest BCUT2D eigenvalue weighted by Crippen LogP contribution is -2.48. The minimum atomic E-state index is 0.156. The monoisotopic (exact) mass is 348 g/mol. The number of amidine groups is 1. The van der Waals surface area contributed by atoms with E-state index in [4.69, 9.17) is 4.99 Å². The van der Waals surface area contributed by atoms with Crippen molar-refractivity contribution in [2.75, 3.05) is 37.4 Å². The Morgan fingerprint density at radius 2 is 1.73 bits per heavy atom. The van der Waals surface area contributed by atoms with E-state index in [1.54, 1.807) is 0 Å². The summed E-state index contributed by atoms with van der Waals surface area (Å²) in [5.41, 5.74) is 5.28. The Balaban J connectivity index is 1.60. The molecule has 2 aromatic carbocycles. The van der Waals surface area contributed by atoms with Gasteiger partial charge in [-0.15, -0.1) is 0 Å². The number of hydrogen-bond acceptors (Lipinski definition) is 3. The molecule has 0 radical (unpaired) electrons. The Morgan fingerprint density at radius 1 is 1.00 bits per heavy atom. The van der Waals surface area contributed by atoms with Gasteiger partial charge in [0.15, 0.2) is 0 Å². The second-order valence-electron chi connectivity index (χ2n) is 7.71. The molecule has 2 aliphatic rings. The summed E-state index contributed by atoms with van der Waals surface area (Å²) in [6.07, 6.45) is 3.38. The molecule has 1 saturated heterocycles. The predicted octanol–water partition coefficient (Wildman–Crippen LogP) is 3.69. The molecule has 0 atom stereocenters. The van der Waals surface area contributed by atoms with Crippen molar-refractivity contribution in [1.29, 1.82) is 0 Å². The maximum atomic E-state index is 5.07. The van der Waals surface area contributed by atoms with E-state index in [0.29, 0.717) is 0 Å². The van der Waals surface area contributed by atoms with Gasteiger partial charge in [-0.1, -0.05) is 30.3 Å². The van der Waals surface area contributed by atoms with Gasteiger partial charge >= 0.3 is 0 Å². The first-order valence-electron chi connectivity index (χ1n) is 9.53. The van der Waals surface area contributed by atoms with Crippen LogP contribution in [0.15, 0.2) is 53.5 Å². The fraction of sp³-hybridized carbons (Fsp3) is 0.409. The van der Waals surface area contributed by atoms with E-state index in [-0.39, 0.29) is 5.41 Å². The van der Waals surface area contributed by atoms with Gasteiger partial charge in [-0.05, 0) is 61.7 Å². The Morgan fingerprint density at radius 3 is 2.46 bits per heavy atom. The molecule has 2 aliphatic heterocycles. The summed E-state index contributed by atoms with van der Waals surface area (Å²) in [7, 11) is 4.14. The number of anilines is 2. The van der Waals surface area contributed by atoms with E-state index in [9.17, 15) is 0 Å². The average molecular weight is 348 g/mol. The lowest BCUT2D eigenvalue weighted by molar-refractivity contribution is 0.293. The van der Waals surface area contributed by atoms with Crippen molar-refractivity contribution in [3.05, 3.63) is 59.7 Å². The van der Waals surface area contributed by atoms with Crippen molar-refractivity contribution in [2.24, 2.45) is 10.4 Å². The van der Waals surface area contributed by atoms with E-state index in [0.717, 1.165) is 38.9 Å². The van der Waals surface area contributed by atoms with Crippen LogP contribution in [0.3, 0.4) is 0 Å². The Hall–Kier alpha value is -2.33. The number of nitrogens with zero attached hydrogens (tertiary/aromatic N) is 2. The lowest BCUT2D eigenvalue weighted by atomic mass is 9.71. The highest BCUT2D eigenvalue weighted by Crippen LogP contribution is 2.40. The van der Waals surface area contributed by atoms with Crippen LogP contribution < -0.4 is 15.5 Å². The normalized spacial score (nSPS) is 19.8. The zero-order valence-electron chi connectivity index (χ0n) is 15.8. The molecule has 0 amide bonds. The van der Waals surface area contributed by atoms with Crippen LogP contribution in [-0.4, -0.2) is 33.0 Å². The molecular weight excluding hydrogens is 320 g/mol. The van der Waals surface area contributed by atoms with Crippen molar-refractivity contribution in [3.8, 4) is 0 Å². The number of aliphatic imine (C=N–C) groups is 1. The van der Waals surface area contributed by atoms with Crippen LogP contribution in [0.4, 0.5) is 11.4 Å². The summed E-state index contributed by atoms with van der Waals surface area (Å²) in [4.78, 5) is 7.19. The molecular formula is C22H28N4. The predicted molar refractivity (Wildman–Crippen MR) is 110 cm³/mol. The van der Waals surface area contributed by atoms with E-state index >= 15 is 0 Å². The van der Waals surface area contributed by atoms with Crippen LogP contribution >= 0.6 is 0 Å². The summed E-state index contributed by atoms with van der Waals surface area (Å²) in [6.45, 7) is 2.87. The fourth-order valence-electron chi connectivity index (χ4n) is 4.10. The molecule has 4 heteroatoms. The molecule has 1 fully saturated rings. The van der Waals surface area contributed by atoms with Gasteiger partial charge in [0.25, 0.3) is 0 Å². The van der Waals surface area contributed by atoms with E-state index in [1.165, 1.54) is 28.3 Å².